The summed E-state index contributed by atoms with van der Waals surface area (Å²) >= 11 is 0. The van der Waals surface area contributed by atoms with Gasteiger partial charge in [0.2, 0.25) is 0 Å². The molecule has 2 radical (unpaired) electrons. The topological polar surface area (TPSA) is 47.9 Å². The predicted octanol–water partition coefficient (Wildman–Crippen LogP) is -1.34. The molecule has 0 spiro atoms. The molecule has 5 heteroatoms. The fourth-order valence-corrected chi connectivity index (χ4v) is 1.93. The molecular weight excluding hydrogens is 159 g/mol. The number of hydrogen-bond acceptors (Lipinski definition) is 4. The van der Waals surface area contributed by atoms with Crippen molar-refractivity contribution >= 4 is 7.85 Å². The van der Waals surface area contributed by atoms with Crippen LogP contribution in [0.15, 0.2) is 0 Å². The van der Waals surface area contributed by atoms with Crippen molar-refractivity contribution in [2.75, 3.05) is 20.3 Å². The van der Waals surface area contributed by atoms with Gasteiger partial charge in [-0.1, -0.05) is 0 Å². The van der Waals surface area contributed by atoms with Gasteiger partial charge in [0, 0.05) is 13.1 Å². The Morgan fingerprint density at radius 3 is 2.92 bits per heavy atom. The van der Waals surface area contributed by atoms with Crippen LogP contribution in [0, 0.1) is 0 Å². The maximum atomic E-state index is 9.12. The van der Waals surface area contributed by atoms with Gasteiger partial charge in [-0.2, -0.15) is 0 Å². The largest absolute Gasteiger partial charge is 0.393 e. The van der Waals surface area contributed by atoms with Crippen molar-refractivity contribution in [2.24, 2.45) is 0 Å². The van der Waals surface area contributed by atoms with E-state index in [9.17, 15) is 0 Å². The van der Waals surface area contributed by atoms with Gasteiger partial charge < -0.3 is 19.3 Å². The number of ether oxygens (including phenoxy) is 3. The van der Waals surface area contributed by atoms with Crippen LogP contribution in [-0.4, -0.2) is 57.1 Å². The van der Waals surface area contributed by atoms with Crippen molar-refractivity contribution in [3.05, 3.63) is 0 Å². The van der Waals surface area contributed by atoms with E-state index >= 15 is 0 Å². The maximum absolute atomic E-state index is 9.12. The van der Waals surface area contributed by atoms with Gasteiger partial charge in [-0.3, -0.25) is 0 Å². The smallest absolute Gasteiger partial charge is 0.142 e. The lowest BCUT2D eigenvalue weighted by Gasteiger charge is -2.28. The minimum atomic E-state index is -0.723. The van der Waals surface area contributed by atoms with Crippen LogP contribution in [0.3, 0.4) is 0 Å². The number of fused-ring (bicyclic) bond motifs is 2. The molecule has 0 aliphatic carbocycles. The van der Waals surface area contributed by atoms with E-state index in [1.807, 2.05) is 0 Å². The Kier molecular flexibility index (Phi) is 1.91. The number of hydrogen-bond donors (Lipinski definition) is 1. The summed E-state index contributed by atoms with van der Waals surface area (Å²) in [6.07, 6.45) is -0.473. The lowest BCUT2D eigenvalue weighted by atomic mass is 9.92. The fraction of sp³-hybridized carbons (Fsp3) is 1.00. The molecule has 0 saturated carbocycles. The summed E-state index contributed by atoms with van der Waals surface area (Å²) in [5.74, 6) is 0. The van der Waals surface area contributed by atoms with Gasteiger partial charge in [0.05, 0.1) is 13.2 Å². The molecule has 2 fully saturated rings. The van der Waals surface area contributed by atoms with Crippen LogP contribution in [0.1, 0.15) is 0 Å². The third-order valence-electron chi connectivity index (χ3n) is 2.55. The van der Waals surface area contributed by atoms with E-state index in [-0.39, 0.29) is 18.8 Å². The third kappa shape index (κ3) is 0.878. The molecule has 1 N–H and O–H groups in total. The van der Waals surface area contributed by atoms with Crippen molar-refractivity contribution in [3.63, 3.8) is 0 Å². The summed E-state index contributed by atoms with van der Waals surface area (Å²) in [6.45, 7) is 0.246. The van der Waals surface area contributed by atoms with E-state index in [2.05, 4.69) is 0 Å². The normalized spacial score (nSPS) is 51.7. The second-order valence-electron chi connectivity index (χ2n) is 3.24. The van der Waals surface area contributed by atoms with E-state index in [0.29, 0.717) is 6.61 Å². The number of rotatable bonds is 2. The van der Waals surface area contributed by atoms with Crippen LogP contribution in [0.4, 0.5) is 0 Å². The highest BCUT2D eigenvalue weighted by Gasteiger charge is 2.59. The SMILES string of the molecule is [B][C@@H]1O[C@@]2(CO)CO[C@@H]1[C@@H]2OC. The first-order valence-electron chi connectivity index (χ1n) is 3.92. The van der Waals surface area contributed by atoms with Crippen LogP contribution < -0.4 is 0 Å². The Labute approximate surface area is 72.2 Å². The monoisotopic (exact) mass is 170 g/mol. The van der Waals surface area contributed by atoms with E-state index in [4.69, 9.17) is 27.2 Å². The highest BCUT2D eigenvalue weighted by Crippen LogP contribution is 2.40. The van der Waals surface area contributed by atoms with Gasteiger partial charge in [-0.15, -0.1) is 0 Å². The second-order valence-corrected chi connectivity index (χ2v) is 3.24. The van der Waals surface area contributed by atoms with Crippen LogP contribution in [0.5, 0.6) is 0 Å². The van der Waals surface area contributed by atoms with Gasteiger partial charge in [-0.25, -0.2) is 0 Å². The van der Waals surface area contributed by atoms with Crippen molar-refractivity contribution in [2.45, 2.75) is 23.8 Å². The molecular formula is C7H11BO4. The second kappa shape index (κ2) is 2.70. The number of methoxy groups -OCH3 is 1. The Morgan fingerprint density at radius 2 is 2.50 bits per heavy atom. The van der Waals surface area contributed by atoms with Gasteiger partial charge >= 0.3 is 0 Å². The molecule has 0 aromatic carbocycles. The molecule has 4 nitrogen and oxygen atoms in total. The average molecular weight is 170 g/mol. The first kappa shape index (κ1) is 8.50. The van der Waals surface area contributed by atoms with Gasteiger partial charge in [0.1, 0.15) is 25.7 Å². The van der Waals surface area contributed by atoms with E-state index < -0.39 is 11.6 Å². The maximum Gasteiger partial charge on any atom is 0.142 e. The van der Waals surface area contributed by atoms with Gasteiger partial charge in [0.15, 0.2) is 0 Å². The van der Waals surface area contributed by atoms with Gasteiger partial charge in [0.25, 0.3) is 0 Å². The van der Waals surface area contributed by atoms with Crippen LogP contribution >= 0.6 is 0 Å². The molecule has 0 aromatic heterocycles. The Hall–Kier alpha value is -0.0951. The summed E-state index contributed by atoms with van der Waals surface area (Å²) in [4.78, 5) is 0. The summed E-state index contributed by atoms with van der Waals surface area (Å²) < 4.78 is 15.9. The molecule has 2 saturated heterocycles. The molecule has 0 unspecified atom stereocenters. The molecule has 2 bridgehead atoms. The van der Waals surface area contributed by atoms with Crippen LogP contribution in [0.25, 0.3) is 0 Å². The highest BCUT2D eigenvalue weighted by molar-refractivity contribution is 6.11. The Balaban J connectivity index is 2.23. The molecule has 66 valence electrons. The zero-order valence-corrected chi connectivity index (χ0v) is 6.90. The average Bonchev–Trinajstić information content (AvgIpc) is 2.56. The van der Waals surface area contributed by atoms with Gasteiger partial charge in [-0.05, 0) is 0 Å². The number of aliphatic hydroxyl groups excluding tert-OH is 1. The molecule has 12 heavy (non-hydrogen) atoms. The fourth-order valence-electron chi connectivity index (χ4n) is 1.93. The van der Waals surface area contributed by atoms with Crippen molar-refractivity contribution in [1.29, 1.82) is 0 Å². The number of aliphatic hydroxyl groups is 1. The molecule has 2 aliphatic rings. The zero-order valence-electron chi connectivity index (χ0n) is 6.90. The Morgan fingerprint density at radius 1 is 1.75 bits per heavy atom. The third-order valence-corrected chi connectivity index (χ3v) is 2.55. The highest BCUT2D eigenvalue weighted by atomic mass is 16.7. The predicted molar refractivity (Wildman–Crippen MR) is 41.0 cm³/mol. The summed E-state index contributed by atoms with van der Waals surface area (Å²) in [7, 11) is 7.18. The van der Waals surface area contributed by atoms with Crippen LogP contribution in [0.2, 0.25) is 0 Å². The minimum absolute atomic E-state index is 0.115. The van der Waals surface area contributed by atoms with Crippen molar-refractivity contribution in [1.82, 2.24) is 0 Å². The van der Waals surface area contributed by atoms with Crippen molar-refractivity contribution in [3.8, 4) is 0 Å². The first-order chi connectivity index (χ1) is 5.73. The zero-order chi connectivity index (χ0) is 8.77. The summed E-state index contributed by atoms with van der Waals surface area (Å²) in [6, 6.07) is -0.476. The summed E-state index contributed by atoms with van der Waals surface area (Å²) in [5, 5.41) is 9.12. The van der Waals surface area contributed by atoms with E-state index in [0.717, 1.165) is 0 Å². The molecule has 0 amide bonds. The lowest BCUT2D eigenvalue weighted by Crippen LogP contribution is -2.45. The Bertz CT molecular complexity index is 188. The quantitative estimate of drug-likeness (QED) is 0.521. The molecule has 0 aromatic rings. The molecule has 2 rings (SSSR count). The standard InChI is InChI=1S/C7H11BO4/c1-10-5-4-6(8)12-7(5,2-9)3-11-4/h4-6,9H,2-3H2,1H3/t4-,5+,6-,7+/m1/s1. The van der Waals surface area contributed by atoms with E-state index in [1.165, 1.54) is 0 Å². The van der Waals surface area contributed by atoms with Crippen molar-refractivity contribution < 1.29 is 19.3 Å². The minimum Gasteiger partial charge on any atom is -0.393 e. The van der Waals surface area contributed by atoms with Crippen LogP contribution in [-0.2, 0) is 14.2 Å². The molecule has 2 heterocycles. The van der Waals surface area contributed by atoms with E-state index in [1.54, 1.807) is 7.11 Å². The summed E-state index contributed by atoms with van der Waals surface area (Å²) in [5.41, 5.74) is -0.723. The first-order valence-corrected chi connectivity index (χ1v) is 3.92. The molecule has 4 atom stereocenters. The lowest BCUT2D eigenvalue weighted by molar-refractivity contribution is -0.138. The molecule has 2 aliphatic heterocycles.